The van der Waals surface area contributed by atoms with Crippen molar-refractivity contribution in [3.05, 3.63) is 45.5 Å². The number of nitrogens with one attached hydrogen (secondary N) is 3. The van der Waals surface area contributed by atoms with E-state index in [-0.39, 0.29) is 11.5 Å². The monoisotopic (exact) mass is 290 g/mol. The van der Waals surface area contributed by atoms with Crippen molar-refractivity contribution in [2.24, 2.45) is 0 Å². The van der Waals surface area contributed by atoms with Gasteiger partial charge >= 0.3 is 0 Å². The first-order chi connectivity index (χ1) is 9.61. The van der Waals surface area contributed by atoms with Gasteiger partial charge in [0.15, 0.2) is 11.2 Å². The van der Waals surface area contributed by atoms with Crippen LogP contribution in [0.15, 0.2) is 29.1 Å². The predicted octanol–water partition coefficient (Wildman–Crippen LogP) is 1.49. The fraction of sp³-hybridized carbons (Fsp3) is 0.0833. The summed E-state index contributed by atoms with van der Waals surface area (Å²) in [6.45, 7) is 0.428. The number of nitrogens with zero attached hydrogens (tertiary/aromatic N) is 2. The molecule has 0 radical (unpaired) electrons. The summed E-state index contributed by atoms with van der Waals surface area (Å²) in [5.74, 6) is 0.643. The number of rotatable bonds is 3. The molecular weight excluding hydrogens is 280 g/mol. The Morgan fingerprint density at radius 3 is 2.70 bits per heavy atom. The highest BCUT2D eigenvalue weighted by atomic mass is 35.5. The largest absolute Gasteiger partial charge is 0.378 e. The Hall–Kier alpha value is -2.54. The van der Waals surface area contributed by atoms with Gasteiger partial charge in [0.05, 0.1) is 6.54 Å². The molecule has 0 aliphatic carbocycles. The minimum Gasteiger partial charge on any atom is -0.378 e. The van der Waals surface area contributed by atoms with Gasteiger partial charge in [0.2, 0.25) is 5.95 Å². The van der Waals surface area contributed by atoms with Crippen molar-refractivity contribution in [3.63, 3.8) is 0 Å². The third kappa shape index (κ3) is 2.43. The van der Waals surface area contributed by atoms with E-state index in [4.69, 9.17) is 17.3 Å². The number of aromatic nitrogens is 4. The normalized spacial score (nSPS) is 10.8. The smallest absolute Gasteiger partial charge is 0.278 e. The van der Waals surface area contributed by atoms with Crippen molar-refractivity contribution < 1.29 is 0 Å². The van der Waals surface area contributed by atoms with Crippen LogP contribution in [0.3, 0.4) is 0 Å². The molecule has 8 heteroatoms. The second-order valence-corrected chi connectivity index (χ2v) is 4.63. The summed E-state index contributed by atoms with van der Waals surface area (Å²) in [5.41, 5.74) is 6.65. The Labute approximate surface area is 118 Å². The van der Waals surface area contributed by atoms with Crippen LogP contribution >= 0.6 is 11.6 Å². The molecule has 7 nitrogen and oxygen atoms in total. The summed E-state index contributed by atoms with van der Waals surface area (Å²) in [4.78, 5) is 25.1. The summed E-state index contributed by atoms with van der Waals surface area (Å²) < 4.78 is 0. The fourth-order valence-electron chi connectivity index (χ4n) is 1.81. The molecule has 0 atom stereocenters. The molecule has 5 N–H and O–H groups in total. The van der Waals surface area contributed by atoms with E-state index in [1.807, 2.05) is 12.1 Å². The molecule has 0 aliphatic rings. The van der Waals surface area contributed by atoms with Gasteiger partial charge in [-0.25, -0.2) is 4.98 Å². The first kappa shape index (κ1) is 12.5. The minimum absolute atomic E-state index is 0.0474. The maximum absolute atomic E-state index is 11.6. The lowest BCUT2D eigenvalue weighted by Gasteiger charge is -2.03. The Morgan fingerprint density at radius 2 is 1.95 bits per heavy atom. The van der Waals surface area contributed by atoms with E-state index >= 15 is 0 Å². The van der Waals surface area contributed by atoms with Crippen molar-refractivity contribution in [2.75, 3.05) is 11.1 Å². The van der Waals surface area contributed by atoms with Crippen LogP contribution in [0.1, 0.15) is 5.82 Å². The van der Waals surface area contributed by atoms with Gasteiger partial charge in [0.1, 0.15) is 5.82 Å². The summed E-state index contributed by atoms with van der Waals surface area (Å²) >= 11 is 5.81. The lowest BCUT2D eigenvalue weighted by Crippen LogP contribution is -2.10. The van der Waals surface area contributed by atoms with Crippen molar-refractivity contribution in [2.45, 2.75) is 6.54 Å². The first-order valence-electron chi connectivity index (χ1n) is 5.85. The van der Waals surface area contributed by atoms with E-state index in [1.165, 1.54) is 0 Å². The maximum Gasteiger partial charge on any atom is 0.278 e. The highest BCUT2D eigenvalue weighted by Gasteiger charge is 2.08. The van der Waals surface area contributed by atoms with E-state index in [0.29, 0.717) is 28.6 Å². The van der Waals surface area contributed by atoms with Crippen LogP contribution in [-0.2, 0) is 6.54 Å². The van der Waals surface area contributed by atoms with Crippen LogP contribution in [0, 0.1) is 0 Å². The summed E-state index contributed by atoms with van der Waals surface area (Å²) in [7, 11) is 0. The molecule has 3 rings (SSSR count). The topological polar surface area (TPSA) is 112 Å². The van der Waals surface area contributed by atoms with E-state index in [0.717, 1.165) is 5.69 Å². The van der Waals surface area contributed by atoms with Gasteiger partial charge in [-0.3, -0.25) is 9.78 Å². The zero-order valence-corrected chi connectivity index (χ0v) is 11.0. The average Bonchev–Trinajstić information content (AvgIpc) is 2.81. The molecule has 0 bridgehead atoms. The molecule has 3 aromatic rings. The number of halogens is 1. The van der Waals surface area contributed by atoms with Crippen LogP contribution in [-0.4, -0.2) is 19.9 Å². The Bertz CT molecular complexity index is 807. The third-order valence-corrected chi connectivity index (χ3v) is 2.98. The fourth-order valence-corrected chi connectivity index (χ4v) is 1.94. The molecule has 102 valence electrons. The van der Waals surface area contributed by atoms with Gasteiger partial charge in [0, 0.05) is 10.7 Å². The highest BCUT2D eigenvalue weighted by Crippen LogP contribution is 2.14. The van der Waals surface area contributed by atoms with Crippen LogP contribution in [0.4, 0.5) is 11.6 Å². The van der Waals surface area contributed by atoms with Crippen LogP contribution in [0.2, 0.25) is 5.02 Å². The standard InChI is InChI=1S/C12H11ClN6O/c13-6-1-3-7(4-2-6)15-5-8-16-9-10(17-8)18-12(14)19-11(9)20/h1-4,15H,5H2,(H4,14,16,17,18,19,20). The number of hydrogen-bond donors (Lipinski definition) is 4. The minimum atomic E-state index is -0.335. The van der Waals surface area contributed by atoms with E-state index in [2.05, 4.69) is 25.3 Å². The molecule has 0 amide bonds. The van der Waals surface area contributed by atoms with E-state index in [9.17, 15) is 4.79 Å². The molecule has 0 saturated carbocycles. The van der Waals surface area contributed by atoms with E-state index in [1.54, 1.807) is 12.1 Å². The Kier molecular flexibility index (Phi) is 3.03. The Balaban J connectivity index is 1.83. The second kappa shape index (κ2) is 4.86. The zero-order chi connectivity index (χ0) is 14.1. The van der Waals surface area contributed by atoms with Crippen molar-refractivity contribution in [3.8, 4) is 0 Å². The lowest BCUT2D eigenvalue weighted by molar-refractivity contribution is 1.01. The van der Waals surface area contributed by atoms with Crippen LogP contribution < -0.4 is 16.6 Å². The van der Waals surface area contributed by atoms with E-state index < -0.39 is 0 Å². The number of H-pyrrole nitrogens is 2. The Morgan fingerprint density at radius 1 is 1.20 bits per heavy atom. The number of nitrogens with two attached hydrogens (primary N) is 1. The summed E-state index contributed by atoms with van der Waals surface area (Å²) in [6.07, 6.45) is 0. The SMILES string of the molecule is Nc1nc2nc(CNc3ccc(Cl)cc3)[nH]c2c(=O)[nH]1. The van der Waals surface area contributed by atoms with Gasteiger partial charge in [-0.2, -0.15) is 4.98 Å². The number of nitrogen functional groups attached to an aromatic ring is 1. The summed E-state index contributed by atoms with van der Waals surface area (Å²) in [6, 6.07) is 7.28. The molecular formula is C12H11ClN6O. The highest BCUT2D eigenvalue weighted by molar-refractivity contribution is 6.30. The summed E-state index contributed by atoms with van der Waals surface area (Å²) in [5, 5.41) is 3.83. The molecule has 20 heavy (non-hydrogen) atoms. The number of hydrogen-bond acceptors (Lipinski definition) is 5. The number of imidazole rings is 1. The average molecular weight is 291 g/mol. The molecule has 0 saturated heterocycles. The molecule has 0 spiro atoms. The first-order valence-corrected chi connectivity index (χ1v) is 6.23. The zero-order valence-electron chi connectivity index (χ0n) is 10.3. The van der Waals surface area contributed by atoms with Crippen LogP contribution in [0.25, 0.3) is 11.2 Å². The van der Waals surface area contributed by atoms with Crippen molar-refractivity contribution >= 4 is 34.4 Å². The quantitative estimate of drug-likeness (QED) is 0.584. The number of aromatic amines is 2. The van der Waals surface area contributed by atoms with Gasteiger partial charge in [-0.15, -0.1) is 0 Å². The number of anilines is 2. The molecule has 2 aromatic heterocycles. The van der Waals surface area contributed by atoms with Gasteiger partial charge in [-0.1, -0.05) is 11.6 Å². The van der Waals surface area contributed by atoms with Gasteiger partial charge < -0.3 is 16.0 Å². The lowest BCUT2D eigenvalue weighted by atomic mass is 10.3. The number of fused-ring (bicyclic) bond motifs is 1. The molecule has 0 unspecified atom stereocenters. The molecule has 0 fully saturated rings. The number of benzene rings is 1. The second-order valence-electron chi connectivity index (χ2n) is 4.19. The molecule has 1 aromatic carbocycles. The maximum atomic E-state index is 11.6. The van der Waals surface area contributed by atoms with Crippen molar-refractivity contribution in [1.82, 2.24) is 19.9 Å². The van der Waals surface area contributed by atoms with Crippen molar-refractivity contribution in [1.29, 1.82) is 0 Å². The third-order valence-electron chi connectivity index (χ3n) is 2.73. The predicted molar refractivity (Wildman–Crippen MR) is 77.7 cm³/mol. The van der Waals surface area contributed by atoms with Gasteiger partial charge in [-0.05, 0) is 24.3 Å². The van der Waals surface area contributed by atoms with Gasteiger partial charge in [0.25, 0.3) is 5.56 Å². The molecule has 2 heterocycles. The molecule has 0 aliphatic heterocycles. The van der Waals surface area contributed by atoms with Crippen LogP contribution in [0.5, 0.6) is 0 Å².